The van der Waals surface area contributed by atoms with Gasteiger partial charge >= 0.3 is 0 Å². The average Bonchev–Trinajstić information content (AvgIpc) is 2.19. The first-order chi connectivity index (χ1) is 6.36. The van der Waals surface area contributed by atoms with Crippen LogP contribution >= 0.6 is 0 Å². The van der Waals surface area contributed by atoms with Crippen molar-refractivity contribution in [3.8, 4) is 12.3 Å². The van der Waals surface area contributed by atoms with Crippen LogP contribution < -0.4 is 0 Å². The number of terminal acetylenes is 1. The van der Waals surface area contributed by atoms with Gasteiger partial charge in [0.15, 0.2) is 0 Å². The Kier molecular flexibility index (Phi) is 4.88. The molecule has 1 fully saturated rings. The highest BCUT2D eigenvalue weighted by atomic mass is 16.5. The first-order valence-corrected chi connectivity index (χ1v) is 5.05. The Morgan fingerprint density at radius 1 is 1.46 bits per heavy atom. The first kappa shape index (κ1) is 10.6. The van der Waals surface area contributed by atoms with Gasteiger partial charge in [-0.1, -0.05) is 0 Å². The zero-order valence-electron chi connectivity index (χ0n) is 8.46. The van der Waals surface area contributed by atoms with Gasteiger partial charge in [0.25, 0.3) is 0 Å². The van der Waals surface area contributed by atoms with Crippen LogP contribution in [0.2, 0.25) is 0 Å². The normalized spacial score (nSPS) is 20.0. The lowest BCUT2D eigenvalue weighted by Crippen LogP contribution is -2.37. The van der Waals surface area contributed by atoms with Crippen molar-refractivity contribution in [3.63, 3.8) is 0 Å². The summed E-state index contributed by atoms with van der Waals surface area (Å²) in [6, 6.07) is 0. The quantitative estimate of drug-likeness (QED) is 0.481. The third-order valence-corrected chi connectivity index (χ3v) is 2.66. The molecule has 0 atom stereocenters. The molecular formula is C11H19NO. The fourth-order valence-electron chi connectivity index (χ4n) is 1.77. The first-order valence-electron chi connectivity index (χ1n) is 5.05. The van der Waals surface area contributed by atoms with E-state index in [-0.39, 0.29) is 0 Å². The van der Waals surface area contributed by atoms with Crippen LogP contribution in [0.5, 0.6) is 0 Å². The third-order valence-electron chi connectivity index (χ3n) is 2.66. The summed E-state index contributed by atoms with van der Waals surface area (Å²) >= 11 is 0. The molecule has 1 saturated heterocycles. The molecule has 2 nitrogen and oxygen atoms in total. The van der Waals surface area contributed by atoms with Crippen LogP contribution in [-0.4, -0.2) is 37.7 Å². The van der Waals surface area contributed by atoms with Gasteiger partial charge in [-0.2, -0.15) is 0 Å². The summed E-state index contributed by atoms with van der Waals surface area (Å²) in [5, 5.41) is 0. The fraction of sp³-hybridized carbons (Fsp3) is 0.818. The summed E-state index contributed by atoms with van der Waals surface area (Å²) in [7, 11) is 1.80. The van der Waals surface area contributed by atoms with E-state index >= 15 is 0 Å². The van der Waals surface area contributed by atoms with Crippen molar-refractivity contribution in [1.29, 1.82) is 0 Å². The lowest BCUT2D eigenvalue weighted by Gasteiger charge is -2.30. The lowest BCUT2D eigenvalue weighted by atomic mass is 10.1. The summed E-state index contributed by atoms with van der Waals surface area (Å²) in [4.78, 5) is 2.48. The van der Waals surface area contributed by atoms with Gasteiger partial charge in [-0.25, -0.2) is 0 Å². The minimum absolute atomic E-state index is 0.490. The molecule has 13 heavy (non-hydrogen) atoms. The molecule has 1 rings (SSSR count). The molecule has 0 aliphatic carbocycles. The highest BCUT2D eigenvalue weighted by Gasteiger charge is 2.17. The molecule has 0 N–H and O–H groups in total. The standard InChI is InChI=1S/C11H19NO/c1-3-4-5-8-12-9-6-11(13-2)7-10-12/h1,11H,4-10H2,2H3. The van der Waals surface area contributed by atoms with E-state index in [1.807, 2.05) is 0 Å². The Morgan fingerprint density at radius 3 is 2.69 bits per heavy atom. The van der Waals surface area contributed by atoms with E-state index in [4.69, 9.17) is 11.2 Å². The van der Waals surface area contributed by atoms with E-state index < -0.39 is 0 Å². The number of piperidine rings is 1. The zero-order chi connectivity index (χ0) is 9.52. The monoisotopic (exact) mass is 181 g/mol. The molecule has 1 aliphatic rings. The van der Waals surface area contributed by atoms with Crippen LogP contribution in [0, 0.1) is 12.3 Å². The Bertz CT molecular complexity index is 165. The predicted octanol–water partition coefficient (Wildman–Crippen LogP) is 1.51. The number of ether oxygens (including phenoxy) is 1. The molecular weight excluding hydrogens is 162 g/mol. The topological polar surface area (TPSA) is 12.5 Å². The van der Waals surface area contributed by atoms with Crippen LogP contribution in [0.1, 0.15) is 25.7 Å². The van der Waals surface area contributed by atoms with Crippen molar-refractivity contribution in [3.05, 3.63) is 0 Å². The lowest BCUT2D eigenvalue weighted by molar-refractivity contribution is 0.0410. The molecule has 0 amide bonds. The summed E-state index contributed by atoms with van der Waals surface area (Å²) < 4.78 is 5.31. The molecule has 0 saturated carbocycles. The van der Waals surface area contributed by atoms with Gasteiger partial charge in [-0.3, -0.25) is 0 Å². The summed E-state index contributed by atoms with van der Waals surface area (Å²) in [6.45, 7) is 3.49. The second-order valence-corrected chi connectivity index (χ2v) is 3.58. The Balaban J connectivity index is 2.07. The maximum absolute atomic E-state index is 5.31. The molecule has 0 radical (unpaired) electrons. The van der Waals surface area contributed by atoms with Crippen molar-refractivity contribution in [2.75, 3.05) is 26.7 Å². The van der Waals surface area contributed by atoms with Crippen LogP contribution in [0.15, 0.2) is 0 Å². The SMILES string of the molecule is C#CCCCN1CCC(OC)CC1. The van der Waals surface area contributed by atoms with E-state index in [0.717, 1.165) is 19.4 Å². The summed E-state index contributed by atoms with van der Waals surface area (Å²) in [5.41, 5.74) is 0. The number of likely N-dealkylation sites (tertiary alicyclic amines) is 1. The van der Waals surface area contributed by atoms with Gasteiger partial charge in [0.05, 0.1) is 6.10 Å². The van der Waals surface area contributed by atoms with Gasteiger partial charge in [0.2, 0.25) is 0 Å². The average molecular weight is 181 g/mol. The molecule has 2 heteroatoms. The minimum atomic E-state index is 0.490. The van der Waals surface area contributed by atoms with E-state index in [2.05, 4.69) is 10.8 Å². The highest BCUT2D eigenvalue weighted by Crippen LogP contribution is 2.12. The zero-order valence-corrected chi connectivity index (χ0v) is 8.46. The van der Waals surface area contributed by atoms with Gasteiger partial charge in [0.1, 0.15) is 0 Å². The number of hydrogen-bond donors (Lipinski definition) is 0. The second-order valence-electron chi connectivity index (χ2n) is 3.58. The molecule has 1 heterocycles. The minimum Gasteiger partial charge on any atom is -0.381 e. The second kappa shape index (κ2) is 6.01. The number of nitrogens with zero attached hydrogens (tertiary/aromatic N) is 1. The number of hydrogen-bond acceptors (Lipinski definition) is 2. The summed E-state index contributed by atoms with van der Waals surface area (Å²) in [5.74, 6) is 2.68. The molecule has 74 valence electrons. The highest BCUT2D eigenvalue weighted by molar-refractivity contribution is 4.83. The van der Waals surface area contributed by atoms with Gasteiger partial charge < -0.3 is 9.64 Å². The molecule has 1 aliphatic heterocycles. The van der Waals surface area contributed by atoms with Crippen molar-refractivity contribution >= 4 is 0 Å². The van der Waals surface area contributed by atoms with E-state index in [1.165, 1.54) is 25.9 Å². The number of unbranched alkanes of at least 4 members (excludes halogenated alkanes) is 1. The van der Waals surface area contributed by atoms with Crippen molar-refractivity contribution in [1.82, 2.24) is 4.90 Å². The predicted molar refractivity (Wildman–Crippen MR) is 54.5 cm³/mol. The van der Waals surface area contributed by atoms with Crippen LogP contribution in [0.4, 0.5) is 0 Å². The molecule has 0 aromatic heterocycles. The fourth-order valence-corrected chi connectivity index (χ4v) is 1.77. The van der Waals surface area contributed by atoms with E-state index in [0.29, 0.717) is 6.10 Å². The van der Waals surface area contributed by atoms with Crippen molar-refractivity contribution in [2.45, 2.75) is 31.8 Å². The molecule has 0 aromatic carbocycles. The molecule has 0 aromatic rings. The van der Waals surface area contributed by atoms with Gasteiger partial charge in [-0.05, 0) is 25.8 Å². The van der Waals surface area contributed by atoms with E-state index in [9.17, 15) is 0 Å². The van der Waals surface area contributed by atoms with Crippen LogP contribution in [0.25, 0.3) is 0 Å². The van der Waals surface area contributed by atoms with Crippen molar-refractivity contribution in [2.24, 2.45) is 0 Å². The van der Waals surface area contributed by atoms with Gasteiger partial charge in [-0.15, -0.1) is 12.3 Å². The third kappa shape index (κ3) is 3.80. The van der Waals surface area contributed by atoms with Crippen LogP contribution in [0.3, 0.4) is 0 Å². The Labute approximate surface area is 81.3 Å². The van der Waals surface area contributed by atoms with Gasteiger partial charge in [0, 0.05) is 26.6 Å². The molecule has 0 bridgehead atoms. The Morgan fingerprint density at radius 2 is 2.15 bits per heavy atom. The van der Waals surface area contributed by atoms with Crippen molar-refractivity contribution < 1.29 is 4.74 Å². The maximum atomic E-state index is 5.31. The largest absolute Gasteiger partial charge is 0.381 e. The molecule has 0 unspecified atom stereocenters. The van der Waals surface area contributed by atoms with E-state index in [1.54, 1.807) is 7.11 Å². The smallest absolute Gasteiger partial charge is 0.0595 e. The molecule has 0 spiro atoms. The Hall–Kier alpha value is -0.520. The maximum Gasteiger partial charge on any atom is 0.0595 e. The van der Waals surface area contributed by atoms with Crippen LogP contribution in [-0.2, 0) is 4.74 Å². The summed E-state index contributed by atoms with van der Waals surface area (Å²) in [6.07, 6.45) is 10.1. The number of rotatable bonds is 4. The number of methoxy groups -OCH3 is 1.